The number of carbonyl (C=O) groups excluding carboxylic acids is 1. The molecule has 0 saturated carbocycles. The van der Waals surface area contributed by atoms with Crippen molar-refractivity contribution in [3.8, 4) is 23.0 Å². The quantitative estimate of drug-likeness (QED) is 0.537. The fraction of sp³-hybridized carbons (Fsp3) is 0.320. The second-order valence-electron chi connectivity index (χ2n) is 8.31. The van der Waals surface area contributed by atoms with Crippen molar-refractivity contribution in [1.82, 2.24) is 10.3 Å². The molecule has 1 aliphatic carbocycles. The monoisotopic (exact) mass is 478 g/mol. The summed E-state index contributed by atoms with van der Waals surface area (Å²) in [6, 6.07) is 10.8. The zero-order valence-corrected chi connectivity index (χ0v) is 19.9. The minimum atomic E-state index is -0.579. The maximum Gasteiger partial charge on any atom is 0.219 e. The molecule has 10 heteroatoms. The van der Waals surface area contributed by atoms with Crippen LogP contribution in [-0.4, -0.2) is 44.5 Å². The van der Waals surface area contributed by atoms with Gasteiger partial charge in [-0.05, 0) is 46.4 Å². The lowest BCUT2D eigenvalue weighted by molar-refractivity contribution is -0.116. The third kappa shape index (κ3) is 4.01. The van der Waals surface area contributed by atoms with Crippen LogP contribution in [0.1, 0.15) is 35.9 Å². The lowest BCUT2D eigenvalue weighted by Gasteiger charge is -2.30. The third-order valence-electron chi connectivity index (χ3n) is 6.47. The molecule has 0 spiro atoms. The summed E-state index contributed by atoms with van der Waals surface area (Å²) in [5, 5.41) is 14.6. The number of nitrogens with one attached hydrogen (secondary N) is 2. The van der Waals surface area contributed by atoms with Crippen LogP contribution in [0, 0.1) is 0 Å². The van der Waals surface area contributed by atoms with E-state index in [4.69, 9.17) is 23.6 Å². The molecule has 5 rings (SSSR count). The van der Waals surface area contributed by atoms with Crippen LogP contribution in [0.5, 0.6) is 23.0 Å². The topological polar surface area (TPSA) is 117 Å². The van der Waals surface area contributed by atoms with E-state index < -0.39 is 6.04 Å². The van der Waals surface area contributed by atoms with Gasteiger partial charge in [-0.15, -0.1) is 0 Å². The number of allylic oxidation sites excluding steroid dienone is 1. The predicted octanol–water partition coefficient (Wildman–Crippen LogP) is 4.08. The van der Waals surface area contributed by atoms with Crippen molar-refractivity contribution in [2.75, 3.05) is 39.1 Å². The van der Waals surface area contributed by atoms with Crippen LogP contribution in [0.2, 0.25) is 0 Å². The van der Waals surface area contributed by atoms with E-state index in [0.29, 0.717) is 52.9 Å². The number of Topliss-reactive ketones (excluding diaryl/α,β-unsaturated/α-hetero) is 1. The first-order valence-electron chi connectivity index (χ1n) is 11.1. The molecule has 2 aliphatic rings. The van der Waals surface area contributed by atoms with Crippen molar-refractivity contribution in [2.45, 2.75) is 24.8 Å². The highest BCUT2D eigenvalue weighted by molar-refractivity contribution is 6.01. The average molecular weight is 479 g/mol. The van der Waals surface area contributed by atoms with Crippen LogP contribution in [0.3, 0.4) is 0 Å². The van der Waals surface area contributed by atoms with Gasteiger partial charge in [0, 0.05) is 29.3 Å². The minimum Gasteiger partial charge on any atom is -0.497 e. The lowest BCUT2D eigenvalue weighted by Crippen LogP contribution is -2.27. The molecule has 10 nitrogen and oxygen atoms in total. The fourth-order valence-corrected chi connectivity index (χ4v) is 4.72. The van der Waals surface area contributed by atoms with Crippen LogP contribution in [0.15, 0.2) is 52.3 Å². The molecule has 0 saturated heterocycles. The standard InChI is InChI=1S/C25H26N4O6/c1-31-15-7-5-13(6-8-15)14-9-17-22(18(30)10-14)23(27-25-24(26-17)28-35-29-25)16-11-20(33-3)21(34-4)12-19(16)32-2/h5-8,11-12,14,23H,9-10H2,1-4H3,(H,26,28)(H,27,29)/t14-,23+/m0/s1. The zero-order chi connectivity index (χ0) is 24.5. The first kappa shape index (κ1) is 22.6. The maximum absolute atomic E-state index is 13.7. The smallest absolute Gasteiger partial charge is 0.219 e. The van der Waals surface area contributed by atoms with Crippen molar-refractivity contribution in [2.24, 2.45) is 0 Å². The van der Waals surface area contributed by atoms with Crippen LogP contribution in [0.25, 0.3) is 0 Å². The number of fused-ring (bicyclic) bond motifs is 1. The number of carbonyl (C=O) groups is 1. The molecule has 1 aromatic heterocycles. The van der Waals surface area contributed by atoms with E-state index in [2.05, 4.69) is 20.9 Å². The molecule has 2 heterocycles. The molecular weight excluding hydrogens is 452 g/mol. The Balaban J connectivity index is 1.61. The van der Waals surface area contributed by atoms with Crippen LogP contribution >= 0.6 is 0 Å². The molecule has 2 aromatic carbocycles. The average Bonchev–Trinajstić information content (AvgIpc) is 3.26. The first-order valence-corrected chi connectivity index (χ1v) is 11.1. The molecule has 0 radical (unpaired) electrons. The van der Waals surface area contributed by atoms with Gasteiger partial charge in [-0.25, -0.2) is 4.63 Å². The summed E-state index contributed by atoms with van der Waals surface area (Å²) in [5.41, 5.74) is 3.11. The van der Waals surface area contributed by atoms with E-state index in [1.165, 1.54) is 0 Å². The van der Waals surface area contributed by atoms with E-state index >= 15 is 0 Å². The molecule has 35 heavy (non-hydrogen) atoms. The van der Waals surface area contributed by atoms with Crippen LogP contribution < -0.4 is 29.6 Å². The van der Waals surface area contributed by atoms with Gasteiger partial charge in [0.1, 0.15) is 11.5 Å². The van der Waals surface area contributed by atoms with Gasteiger partial charge in [0.05, 0.1) is 34.5 Å². The van der Waals surface area contributed by atoms with Gasteiger partial charge in [0.25, 0.3) is 0 Å². The summed E-state index contributed by atoms with van der Waals surface area (Å²) in [4.78, 5) is 13.7. The maximum atomic E-state index is 13.7. The fourth-order valence-electron chi connectivity index (χ4n) is 4.72. The largest absolute Gasteiger partial charge is 0.497 e. The molecule has 0 bridgehead atoms. The summed E-state index contributed by atoms with van der Waals surface area (Å²) < 4.78 is 26.9. The number of benzene rings is 2. The van der Waals surface area contributed by atoms with Crippen molar-refractivity contribution in [1.29, 1.82) is 0 Å². The summed E-state index contributed by atoms with van der Waals surface area (Å²) in [5.74, 6) is 3.17. The predicted molar refractivity (Wildman–Crippen MR) is 127 cm³/mol. The van der Waals surface area contributed by atoms with E-state index in [1.807, 2.05) is 24.3 Å². The molecule has 0 fully saturated rings. The zero-order valence-electron chi connectivity index (χ0n) is 19.9. The highest BCUT2D eigenvalue weighted by Gasteiger charge is 2.39. The Hall–Kier alpha value is -4.21. The number of ketones is 1. The number of nitrogens with zero attached hydrogens (tertiary/aromatic N) is 2. The summed E-state index contributed by atoms with van der Waals surface area (Å²) in [7, 11) is 6.32. The van der Waals surface area contributed by atoms with Gasteiger partial charge in [0.15, 0.2) is 17.3 Å². The lowest BCUT2D eigenvalue weighted by atomic mass is 9.78. The van der Waals surface area contributed by atoms with Crippen molar-refractivity contribution in [3.63, 3.8) is 0 Å². The summed E-state index contributed by atoms with van der Waals surface area (Å²) in [6.07, 6.45) is 0.962. The molecule has 3 aromatic rings. The number of hydrogen-bond donors (Lipinski definition) is 2. The van der Waals surface area contributed by atoms with Gasteiger partial charge in [-0.3, -0.25) is 4.79 Å². The number of methoxy groups -OCH3 is 4. The molecular formula is C25H26N4O6. The SMILES string of the molecule is COc1ccc([C@@H]2CC(=O)C3=C(C2)Nc2nonc2N[C@@H]3c2cc(OC)c(OC)cc2OC)cc1. The van der Waals surface area contributed by atoms with Crippen molar-refractivity contribution >= 4 is 17.4 Å². The highest BCUT2D eigenvalue weighted by atomic mass is 16.6. The molecule has 2 atom stereocenters. The van der Waals surface area contributed by atoms with Gasteiger partial charge in [0.2, 0.25) is 11.6 Å². The normalized spacial score (nSPS) is 19.0. The van der Waals surface area contributed by atoms with Crippen LogP contribution in [0.4, 0.5) is 11.6 Å². The number of ether oxygens (including phenoxy) is 4. The summed E-state index contributed by atoms with van der Waals surface area (Å²) in [6.45, 7) is 0. The third-order valence-corrected chi connectivity index (χ3v) is 6.47. The molecule has 182 valence electrons. The van der Waals surface area contributed by atoms with Crippen LogP contribution in [-0.2, 0) is 4.79 Å². The molecule has 0 amide bonds. The Morgan fingerprint density at radius 2 is 1.54 bits per heavy atom. The Bertz CT molecular complexity index is 1280. The van der Waals surface area contributed by atoms with Gasteiger partial charge < -0.3 is 29.6 Å². The molecule has 1 aliphatic heterocycles. The van der Waals surface area contributed by atoms with Gasteiger partial charge >= 0.3 is 0 Å². The number of anilines is 2. The number of hydrogen-bond acceptors (Lipinski definition) is 10. The van der Waals surface area contributed by atoms with Crippen molar-refractivity contribution < 1.29 is 28.4 Å². The number of aromatic nitrogens is 2. The second-order valence-corrected chi connectivity index (χ2v) is 8.31. The number of rotatable bonds is 6. The van der Waals surface area contributed by atoms with E-state index in [1.54, 1.807) is 40.6 Å². The Morgan fingerprint density at radius 1 is 0.857 bits per heavy atom. The Kier molecular flexibility index (Phi) is 5.94. The summed E-state index contributed by atoms with van der Waals surface area (Å²) >= 11 is 0. The Morgan fingerprint density at radius 3 is 2.23 bits per heavy atom. The Labute approximate surface area is 202 Å². The van der Waals surface area contributed by atoms with E-state index in [9.17, 15) is 4.79 Å². The first-order chi connectivity index (χ1) is 17.1. The molecule has 2 N–H and O–H groups in total. The van der Waals surface area contributed by atoms with E-state index in [0.717, 1.165) is 17.0 Å². The highest BCUT2D eigenvalue weighted by Crippen LogP contribution is 2.47. The second kappa shape index (κ2) is 9.21. The van der Waals surface area contributed by atoms with E-state index in [-0.39, 0.29) is 11.7 Å². The van der Waals surface area contributed by atoms with Gasteiger partial charge in [-0.2, -0.15) is 0 Å². The van der Waals surface area contributed by atoms with Gasteiger partial charge in [-0.1, -0.05) is 12.1 Å². The minimum absolute atomic E-state index is 0.00554. The molecule has 0 unspecified atom stereocenters. The van der Waals surface area contributed by atoms with Crippen molar-refractivity contribution in [3.05, 3.63) is 58.8 Å².